The second kappa shape index (κ2) is 10.5. The number of nitrogens with zero attached hydrogens (tertiary/aromatic N) is 6. The van der Waals surface area contributed by atoms with Gasteiger partial charge in [0.25, 0.3) is 5.56 Å². The topological polar surface area (TPSA) is 92.2 Å². The Morgan fingerprint density at radius 2 is 1.66 bits per heavy atom. The number of nitrogens with one attached hydrogen (secondary N) is 1. The van der Waals surface area contributed by atoms with Gasteiger partial charge >= 0.3 is 0 Å². The summed E-state index contributed by atoms with van der Waals surface area (Å²) >= 11 is 0. The maximum absolute atomic E-state index is 13.6. The van der Waals surface area contributed by atoms with E-state index in [1.54, 1.807) is 11.8 Å². The van der Waals surface area contributed by atoms with Crippen LogP contribution < -0.4 is 15.2 Å². The van der Waals surface area contributed by atoms with Gasteiger partial charge < -0.3 is 14.6 Å². The van der Waals surface area contributed by atoms with Crippen molar-refractivity contribution in [3.05, 3.63) is 112 Å². The van der Waals surface area contributed by atoms with Gasteiger partial charge in [0.2, 0.25) is 0 Å². The molecule has 38 heavy (non-hydrogen) atoms. The highest BCUT2D eigenvalue weighted by Crippen LogP contribution is 2.29. The lowest BCUT2D eigenvalue weighted by atomic mass is 10.0. The minimum atomic E-state index is -0.401. The van der Waals surface area contributed by atoms with Gasteiger partial charge in [-0.3, -0.25) is 9.69 Å². The zero-order valence-electron chi connectivity index (χ0n) is 21.2. The molecule has 1 atom stereocenters. The molecule has 1 N–H and O–H groups in total. The van der Waals surface area contributed by atoms with E-state index < -0.39 is 6.04 Å². The highest BCUT2D eigenvalue weighted by molar-refractivity contribution is 5.80. The number of aromatic nitrogens is 5. The number of pyridine rings is 1. The number of fused-ring (bicyclic) bond motifs is 1. The Hall–Kier alpha value is -4.50. The number of H-pyrrole nitrogens is 1. The molecular weight excluding hydrogens is 478 g/mol. The van der Waals surface area contributed by atoms with Crippen LogP contribution in [0.15, 0.2) is 89.7 Å². The molecule has 9 nitrogen and oxygen atoms in total. The van der Waals surface area contributed by atoms with E-state index in [9.17, 15) is 4.79 Å². The van der Waals surface area contributed by atoms with Crippen LogP contribution in [0.5, 0.6) is 5.75 Å². The van der Waals surface area contributed by atoms with Gasteiger partial charge in [-0.2, -0.15) is 0 Å². The number of tetrazole rings is 1. The van der Waals surface area contributed by atoms with E-state index in [0.717, 1.165) is 42.6 Å². The standard InChI is InChI=1S/C29H29N7O2/c1-38-24-13-12-22-18-25(29(37)30-26(22)19-24)27(28-31-32-33-36(28)20-21-8-4-2-5-9-21)35-16-14-34(15-17-35)23-10-6-3-7-11-23/h2-13,18-19,27H,14-17,20H2,1H3,(H,30,37)/t27-/m1/s1. The second-order valence-corrected chi connectivity index (χ2v) is 9.45. The minimum absolute atomic E-state index is 0.157. The third-order valence-electron chi connectivity index (χ3n) is 7.16. The van der Waals surface area contributed by atoms with Gasteiger partial charge in [-0.1, -0.05) is 48.5 Å². The van der Waals surface area contributed by atoms with Crippen LogP contribution in [0.25, 0.3) is 10.9 Å². The molecule has 0 saturated carbocycles. The highest BCUT2D eigenvalue weighted by atomic mass is 16.5. The van der Waals surface area contributed by atoms with Gasteiger partial charge in [-0.25, -0.2) is 4.68 Å². The van der Waals surface area contributed by atoms with Crippen LogP contribution in [-0.2, 0) is 6.54 Å². The molecule has 0 aliphatic carbocycles. The first-order chi connectivity index (χ1) is 18.7. The summed E-state index contributed by atoms with van der Waals surface area (Å²) < 4.78 is 7.15. The van der Waals surface area contributed by atoms with Crippen molar-refractivity contribution in [2.75, 3.05) is 38.2 Å². The molecular formula is C29H29N7O2. The number of ether oxygens (including phenoxy) is 1. The number of aromatic amines is 1. The molecule has 0 bridgehead atoms. The lowest BCUT2D eigenvalue weighted by Gasteiger charge is -2.39. The van der Waals surface area contributed by atoms with E-state index in [-0.39, 0.29) is 5.56 Å². The molecule has 1 aliphatic heterocycles. The lowest BCUT2D eigenvalue weighted by Crippen LogP contribution is -2.49. The number of piperazine rings is 1. The van der Waals surface area contributed by atoms with Gasteiger partial charge in [-0.15, -0.1) is 5.10 Å². The first-order valence-corrected chi connectivity index (χ1v) is 12.7. The Labute approximate surface area is 220 Å². The van der Waals surface area contributed by atoms with Gasteiger partial charge in [0.05, 0.1) is 19.2 Å². The monoisotopic (exact) mass is 507 g/mol. The summed E-state index contributed by atoms with van der Waals surface area (Å²) in [6, 6.07) is 27.8. The minimum Gasteiger partial charge on any atom is -0.497 e. The first kappa shape index (κ1) is 23.9. The molecule has 9 heteroatoms. The Bertz CT molecular complexity index is 1580. The molecule has 192 valence electrons. The van der Waals surface area contributed by atoms with Crippen LogP contribution in [0.4, 0.5) is 5.69 Å². The quantitative estimate of drug-likeness (QED) is 0.361. The van der Waals surface area contributed by atoms with Crippen molar-refractivity contribution in [3.8, 4) is 5.75 Å². The normalized spacial score (nSPS) is 15.0. The molecule has 3 heterocycles. The number of methoxy groups -OCH3 is 1. The van der Waals surface area contributed by atoms with E-state index >= 15 is 0 Å². The smallest absolute Gasteiger partial charge is 0.253 e. The summed E-state index contributed by atoms with van der Waals surface area (Å²) in [7, 11) is 1.62. The van der Waals surface area contributed by atoms with Crippen LogP contribution in [0, 0.1) is 0 Å². The summed E-state index contributed by atoms with van der Waals surface area (Å²) in [5, 5.41) is 13.7. The highest BCUT2D eigenvalue weighted by Gasteiger charge is 2.32. The fourth-order valence-electron chi connectivity index (χ4n) is 5.18. The van der Waals surface area contributed by atoms with Crippen LogP contribution in [0.3, 0.4) is 0 Å². The number of para-hydroxylation sites is 1. The largest absolute Gasteiger partial charge is 0.497 e. The summed E-state index contributed by atoms with van der Waals surface area (Å²) in [5.41, 5.74) is 3.49. The lowest BCUT2D eigenvalue weighted by molar-refractivity contribution is 0.200. The van der Waals surface area contributed by atoms with Crippen molar-refractivity contribution in [1.82, 2.24) is 30.1 Å². The molecule has 0 unspecified atom stereocenters. The molecule has 5 aromatic rings. The van der Waals surface area contributed by atoms with E-state index in [1.165, 1.54) is 5.69 Å². The molecule has 0 spiro atoms. The maximum Gasteiger partial charge on any atom is 0.253 e. The van der Waals surface area contributed by atoms with E-state index in [4.69, 9.17) is 4.74 Å². The zero-order valence-corrected chi connectivity index (χ0v) is 21.2. The molecule has 1 fully saturated rings. The summed E-state index contributed by atoms with van der Waals surface area (Å²) in [4.78, 5) is 21.3. The van der Waals surface area contributed by atoms with Crippen molar-refractivity contribution < 1.29 is 4.74 Å². The number of benzene rings is 3. The van der Waals surface area contributed by atoms with Gasteiger partial charge in [0.15, 0.2) is 5.82 Å². The van der Waals surface area contributed by atoms with Crippen molar-refractivity contribution in [1.29, 1.82) is 0 Å². The van der Waals surface area contributed by atoms with E-state index in [0.29, 0.717) is 23.7 Å². The third-order valence-corrected chi connectivity index (χ3v) is 7.16. The number of rotatable bonds is 7. The van der Waals surface area contributed by atoms with Crippen LogP contribution >= 0.6 is 0 Å². The van der Waals surface area contributed by atoms with Crippen LogP contribution in [0.1, 0.15) is 23.0 Å². The van der Waals surface area contributed by atoms with Crippen LogP contribution in [-0.4, -0.2) is 63.4 Å². The molecule has 3 aromatic carbocycles. The maximum atomic E-state index is 13.6. The summed E-state index contributed by atoms with van der Waals surface area (Å²) in [6.07, 6.45) is 0. The van der Waals surface area contributed by atoms with E-state index in [1.807, 2.05) is 48.5 Å². The van der Waals surface area contributed by atoms with Crippen molar-refractivity contribution in [2.45, 2.75) is 12.6 Å². The predicted octanol–water partition coefficient (Wildman–Crippen LogP) is 3.48. The number of hydrogen-bond donors (Lipinski definition) is 1. The fraction of sp³-hybridized carbons (Fsp3) is 0.241. The summed E-state index contributed by atoms with van der Waals surface area (Å²) in [6.45, 7) is 3.72. The van der Waals surface area contributed by atoms with Crippen molar-refractivity contribution >= 4 is 16.6 Å². The Kier molecular flexibility index (Phi) is 6.58. The summed E-state index contributed by atoms with van der Waals surface area (Å²) in [5.74, 6) is 1.35. The van der Waals surface area contributed by atoms with Crippen molar-refractivity contribution in [3.63, 3.8) is 0 Å². The fourth-order valence-corrected chi connectivity index (χ4v) is 5.18. The Morgan fingerprint density at radius 1 is 0.921 bits per heavy atom. The van der Waals surface area contributed by atoms with E-state index in [2.05, 4.69) is 66.7 Å². The number of anilines is 1. The second-order valence-electron chi connectivity index (χ2n) is 9.45. The average molecular weight is 508 g/mol. The molecule has 1 aliphatic rings. The van der Waals surface area contributed by atoms with Gasteiger partial charge in [0.1, 0.15) is 11.8 Å². The molecule has 1 saturated heterocycles. The number of hydrogen-bond acceptors (Lipinski definition) is 7. The van der Waals surface area contributed by atoms with Gasteiger partial charge in [-0.05, 0) is 51.7 Å². The molecule has 0 radical (unpaired) electrons. The van der Waals surface area contributed by atoms with Gasteiger partial charge in [0, 0.05) is 43.5 Å². The first-order valence-electron chi connectivity index (χ1n) is 12.7. The third kappa shape index (κ3) is 4.76. The van der Waals surface area contributed by atoms with Crippen LogP contribution in [0.2, 0.25) is 0 Å². The SMILES string of the molecule is COc1ccc2cc([C@H](c3nnnn3Cc3ccccc3)N3CCN(c4ccccc4)CC3)c(=O)[nH]c2c1. The predicted molar refractivity (Wildman–Crippen MR) is 147 cm³/mol. The molecule has 0 amide bonds. The Balaban J connectivity index is 1.39. The molecule has 2 aromatic heterocycles. The average Bonchev–Trinajstić information content (AvgIpc) is 3.42. The zero-order chi connectivity index (χ0) is 25.9. The van der Waals surface area contributed by atoms with Crippen molar-refractivity contribution in [2.24, 2.45) is 0 Å². The Morgan fingerprint density at radius 3 is 2.39 bits per heavy atom. The molecule has 6 rings (SSSR count).